The fraction of sp³-hybridized carbons (Fsp3) is 0.200. The van der Waals surface area contributed by atoms with E-state index in [-0.39, 0.29) is 38.3 Å². The maximum atomic E-state index is 15.1. The lowest BCUT2D eigenvalue weighted by atomic mass is 9.95. The van der Waals surface area contributed by atoms with Crippen LogP contribution in [-0.4, -0.2) is 31.1 Å². The van der Waals surface area contributed by atoms with Crippen molar-refractivity contribution in [1.82, 2.24) is 4.31 Å². The van der Waals surface area contributed by atoms with E-state index in [0.717, 1.165) is 36.9 Å². The lowest BCUT2D eigenvalue weighted by Crippen LogP contribution is -2.43. The summed E-state index contributed by atoms with van der Waals surface area (Å²) in [4.78, 5) is 25.6. The molecule has 5 aromatic carbocycles. The zero-order valence-electron chi connectivity index (χ0n) is 30.2. The molecule has 5 rings (SSSR count). The number of anilines is 1. The summed E-state index contributed by atoms with van der Waals surface area (Å²) in [6.07, 6.45) is -5.00. The first-order chi connectivity index (χ1) is 27.1. The van der Waals surface area contributed by atoms with Gasteiger partial charge < -0.3 is 9.64 Å². The molecular formula is C40H30ClF9N2O5S. The molecule has 7 nitrogen and oxygen atoms in total. The highest BCUT2D eigenvalue weighted by Gasteiger charge is 2.39. The third-order valence-corrected chi connectivity index (χ3v) is 10.7. The van der Waals surface area contributed by atoms with Crippen molar-refractivity contribution in [2.75, 3.05) is 11.4 Å². The van der Waals surface area contributed by atoms with Gasteiger partial charge in [0.1, 0.15) is 12.3 Å². The van der Waals surface area contributed by atoms with E-state index < -0.39 is 98.5 Å². The van der Waals surface area contributed by atoms with Crippen LogP contribution in [0, 0.1) is 29.1 Å². The van der Waals surface area contributed by atoms with E-state index in [1.165, 1.54) is 36.4 Å². The normalized spacial score (nSPS) is 12.2. The zero-order valence-corrected chi connectivity index (χ0v) is 31.8. The van der Waals surface area contributed by atoms with Crippen LogP contribution in [0.5, 0.6) is 0 Å². The fourth-order valence-corrected chi connectivity index (χ4v) is 7.19. The number of ether oxygens (including phenoxy) is 1. The van der Waals surface area contributed by atoms with Gasteiger partial charge in [0.15, 0.2) is 28.2 Å². The summed E-state index contributed by atoms with van der Waals surface area (Å²) in [5.74, 6) is -15.4. The van der Waals surface area contributed by atoms with E-state index >= 15 is 13.2 Å². The molecule has 0 saturated heterocycles. The third-order valence-electron chi connectivity index (χ3n) is 8.63. The van der Waals surface area contributed by atoms with E-state index in [4.69, 9.17) is 16.3 Å². The number of hydrogen-bond acceptors (Lipinski definition) is 5. The maximum Gasteiger partial charge on any atom is 0.416 e. The van der Waals surface area contributed by atoms with Crippen molar-refractivity contribution in [3.63, 3.8) is 0 Å². The summed E-state index contributed by atoms with van der Waals surface area (Å²) < 4.78 is 163. The number of sulfonamides is 1. The lowest BCUT2D eigenvalue weighted by molar-refractivity contribution is -0.137. The highest BCUT2D eigenvalue weighted by Crippen LogP contribution is 2.36. The second-order valence-electron chi connectivity index (χ2n) is 13.3. The number of esters is 1. The predicted molar refractivity (Wildman–Crippen MR) is 194 cm³/mol. The lowest BCUT2D eigenvalue weighted by Gasteiger charge is -2.29. The minimum Gasteiger partial charge on any atom is -0.457 e. The van der Waals surface area contributed by atoms with E-state index in [9.17, 15) is 44.3 Å². The summed E-state index contributed by atoms with van der Waals surface area (Å²) in [6.45, 7) is -1.29. The van der Waals surface area contributed by atoms with E-state index in [1.807, 2.05) is 0 Å². The Kier molecular flexibility index (Phi) is 13.0. The molecule has 0 aliphatic rings. The van der Waals surface area contributed by atoms with Gasteiger partial charge in [-0.3, -0.25) is 4.79 Å². The number of carbonyl (C=O) groups is 2. The standard InChI is InChI=1S/C40H30ClF9N2O5S/c1-39(2,47)27-16-25(17-28(18-27)40(48,49)50)20-52(30-14-10-26(11-15-30)38(54)57-22-24-6-4-3-5-7-24)31(53)21-51(19-23-8-12-29(41)13-9-23)58(55,56)37-35(45)33(43)32(42)34(44)36(37)46/h3-18H,19-22H2,1-2H3. The van der Waals surface area contributed by atoms with Crippen molar-refractivity contribution in [2.45, 2.75) is 50.3 Å². The van der Waals surface area contributed by atoms with E-state index in [1.54, 1.807) is 30.3 Å². The first-order valence-corrected chi connectivity index (χ1v) is 18.7. The molecule has 0 spiro atoms. The van der Waals surface area contributed by atoms with Crippen molar-refractivity contribution in [2.24, 2.45) is 0 Å². The van der Waals surface area contributed by atoms with Gasteiger partial charge >= 0.3 is 12.1 Å². The van der Waals surface area contributed by atoms with Crippen molar-refractivity contribution < 1.29 is 62.3 Å². The van der Waals surface area contributed by atoms with Gasteiger partial charge in [0.05, 0.1) is 24.2 Å². The van der Waals surface area contributed by atoms with Crippen LogP contribution < -0.4 is 4.90 Å². The van der Waals surface area contributed by atoms with Crippen LogP contribution in [0.4, 0.5) is 45.2 Å². The Hall–Kier alpha value is -5.39. The van der Waals surface area contributed by atoms with Gasteiger partial charge in [-0.2, -0.15) is 17.5 Å². The first kappa shape index (κ1) is 43.7. The quantitative estimate of drug-likeness (QED) is 0.0510. The van der Waals surface area contributed by atoms with Crippen LogP contribution in [0.15, 0.2) is 102 Å². The number of amides is 1. The molecular weight excluding hydrogens is 827 g/mol. The SMILES string of the molecule is CC(C)(F)c1cc(CN(C(=O)CN(Cc2ccc(Cl)cc2)S(=O)(=O)c2c(F)c(F)c(F)c(F)c2F)c2ccc(C(=O)OCc3ccccc3)cc2)cc(C(F)(F)F)c1. The van der Waals surface area contributed by atoms with Crippen LogP contribution >= 0.6 is 11.6 Å². The van der Waals surface area contributed by atoms with Crippen LogP contribution in [0.25, 0.3) is 0 Å². The number of carbonyl (C=O) groups excluding carboxylic acids is 2. The van der Waals surface area contributed by atoms with Crippen LogP contribution in [0.3, 0.4) is 0 Å². The zero-order chi connectivity index (χ0) is 42.7. The molecule has 0 unspecified atom stereocenters. The minimum absolute atomic E-state index is 0.0160. The topological polar surface area (TPSA) is 84.0 Å². The molecule has 18 heteroatoms. The Morgan fingerprint density at radius 1 is 0.672 bits per heavy atom. The Bertz CT molecular complexity index is 2370. The molecule has 0 N–H and O–H groups in total. The van der Waals surface area contributed by atoms with Gasteiger partial charge in [-0.25, -0.2) is 39.6 Å². The molecule has 0 radical (unpaired) electrons. The van der Waals surface area contributed by atoms with Gasteiger partial charge in [0.25, 0.3) is 0 Å². The minimum atomic E-state index is -5.82. The van der Waals surface area contributed by atoms with Gasteiger partial charge in [0.2, 0.25) is 21.7 Å². The molecule has 0 aliphatic carbocycles. The van der Waals surface area contributed by atoms with Gasteiger partial charge in [-0.05, 0) is 84.6 Å². The summed E-state index contributed by atoms with van der Waals surface area (Å²) >= 11 is 5.92. The summed E-state index contributed by atoms with van der Waals surface area (Å²) in [5, 5.41) is 0.157. The van der Waals surface area contributed by atoms with E-state index in [2.05, 4.69) is 0 Å². The maximum absolute atomic E-state index is 15.1. The first-order valence-electron chi connectivity index (χ1n) is 16.9. The average Bonchev–Trinajstić information content (AvgIpc) is 3.17. The molecule has 5 aromatic rings. The van der Waals surface area contributed by atoms with Crippen LogP contribution in [-0.2, 0) is 51.1 Å². The highest BCUT2D eigenvalue weighted by atomic mass is 35.5. The van der Waals surface area contributed by atoms with Crippen molar-refractivity contribution in [1.29, 1.82) is 0 Å². The predicted octanol–water partition coefficient (Wildman–Crippen LogP) is 10.0. The fourth-order valence-electron chi connectivity index (χ4n) is 5.58. The van der Waals surface area contributed by atoms with Gasteiger partial charge in [0, 0.05) is 17.3 Å². The smallest absolute Gasteiger partial charge is 0.416 e. The number of alkyl halides is 4. The van der Waals surface area contributed by atoms with Gasteiger partial charge in [-0.15, -0.1) is 0 Å². The third kappa shape index (κ3) is 10.00. The molecule has 306 valence electrons. The van der Waals surface area contributed by atoms with Crippen molar-refractivity contribution in [3.05, 3.63) is 165 Å². The second kappa shape index (κ2) is 17.2. The molecule has 0 heterocycles. The molecule has 0 aromatic heterocycles. The largest absolute Gasteiger partial charge is 0.457 e. The van der Waals surface area contributed by atoms with Gasteiger partial charge in [-0.1, -0.05) is 60.1 Å². The summed E-state index contributed by atoms with van der Waals surface area (Å²) in [6, 6.07) is 20.5. The second-order valence-corrected chi connectivity index (χ2v) is 15.6. The molecule has 1 amide bonds. The average molecular weight is 857 g/mol. The Labute approximate surface area is 331 Å². The summed E-state index contributed by atoms with van der Waals surface area (Å²) in [7, 11) is -5.82. The monoisotopic (exact) mass is 856 g/mol. The molecule has 0 aliphatic heterocycles. The van der Waals surface area contributed by atoms with Crippen molar-refractivity contribution in [3.8, 4) is 0 Å². The number of benzene rings is 5. The molecule has 0 bridgehead atoms. The number of rotatable bonds is 13. The molecule has 0 fully saturated rings. The molecule has 58 heavy (non-hydrogen) atoms. The van der Waals surface area contributed by atoms with Crippen LogP contribution in [0.2, 0.25) is 5.02 Å². The van der Waals surface area contributed by atoms with Crippen LogP contribution in [0.1, 0.15) is 52.0 Å². The number of hydrogen-bond donors (Lipinski definition) is 0. The highest BCUT2D eigenvalue weighted by molar-refractivity contribution is 7.89. The Balaban J connectivity index is 1.60. The number of halogens is 10. The Morgan fingerprint density at radius 2 is 1.22 bits per heavy atom. The Morgan fingerprint density at radius 3 is 1.78 bits per heavy atom. The summed E-state index contributed by atoms with van der Waals surface area (Å²) in [5.41, 5.74) is -3.94. The molecule has 0 atom stereocenters. The molecule has 0 saturated carbocycles. The van der Waals surface area contributed by atoms with Crippen molar-refractivity contribution >= 4 is 39.2 Å². The van der Waals surface area contributed by atoms with E-state index in [0.29, 0.717) is 17.7 Å². The number of nitrogens with zero attached hydrogens (tertiary/aromatic N) is 2.